The lowest BCUT2D eigenvalue weighted by atomic mass is 10.2. The lowest BCUT2D eigenvalue weighted by molar-refractivity contribution is 0.0948. The van der Waals surface area contributed by atoms with E-state index in [4.69, 9.17) is 0 Å². The van der Waals surface area contributed by atoms with Crippen LogP contribution in [0, 0.1) is 0 Å². The van der Waals surface area contributed by atoms with Gasteiger partial charge >= 0.3 is 0 Å². The Morgan fingerprint density at radius 2 is 1.84 bits per heavy atom. The SMILES string of the molecule is CCN(CC)CCNC(=O)c1cccc(S(=O)(=O)N2CCCCC2)c1. The summed E-state index contributed by atoms with van der Waals surface area (Å²) in [6.07, 6.45) is 2.86. The first kappa shape index (κ1) is 19.9. The van der Waals surface area contributed by atoms with Gasteiger partial charge in [-0.1, -0.05) is 26.3 Å². The number of hydrogen-bond donors (Lipinski definition) is 1. The summed E-state index contributed by atoms with van der Waals surface area (Å²) in [4.78, 5) is 14.7. The summed E-state index contributed by atoms with van der Waals surface area (Å²) in [7, 11) is -3.51. The van der Waals surface area contributed by atoms with Crippen LogP contribution in [0.15, 0.2) is 29.2 Å². The Morgan fingerprint density at radius 1 is 1.16 bits per heavy atom. The fraction of sp³-hybridized carbons (Fsp3) is 0.611. The molecule has 1 saturated heterocycles. The van der Waals surface area contributed by atoms with Gasteiger partial charge in [0.05, 0.1) is 4.90 Å². The van der Waals surface area contributed by atoms with Crippen molar-refractivity contribution in [1.29, 1.82) is 0 Å². The van der Waals surface area contributed by atoms with Crippen LogP contribution in [0.4, 0.5) is 0 Å². The third-order valence-electron chi connectivity index (χ3n) is 4.66. The van der Waals surface area contributed by atoms with Gasteiger partial charge in [-0.25, -0.2) is 8.42 Å². The van der Waals surface area contributed by atoms with E-state index in [1.807, 2.05) is 0 Å². The zero-order valence-electron chi connectivity index (χ0n) is 15.2. The van der Waals surface area contributed by atoms with Crippen molar-refractivity contribution in [3.05, 3.63) is 29.8 Å². The van der Waals surface area contributed by atoms with Crippen molar-refractivity contribution in [2.24, 2.45) is 0 Å². The molecule has 0 atom stereocenters. The van der Waals surface area contributed by atoms with Crippen LogP contribution in [0.1, 0.15) is 43.5 Å². The molecule has 0 unspecified atom stereocenters. The minimum absolute atomic E-state index is 0.200. The van der Waals surface area contributed by atoms with E-state index in [2.05, 4.69) is 24.1 Å². The maximum atomic E-state index is 12.7. The smallest absolute Gasteiger partial charge is 0.251 e. The first-order chi connectivity index (χ1) is 12.0. The van der Waals surface area contributed by atoms with Crippen molar-refractivity contribution in [3.8, 4) is 0 Å². The van der Waals surface area contributed by atoms with E-state index in [1.54, 1.807) is 18.2 Å². The van der Waals surface area contributed by atoms with E-state index < -0.39 is 10.0 Å². The Morgan fingerprint density at radius 3 is 2.48 bits per heavy atom. The summed E-state index contributed by atoms with van der Waals surface area (Å²) in [6.45, 7) is 8.49. The number of likely N-dealkylation sites (N-methyl/N-ethyl adjacent to an activating group) is 1. The number of nitrogens with one attached hydrogen (secondary N) is 1. The molecule has 1 amide bonds. The monoisotopic (exact) mass is 367 g/mol. The maximum Gasteiger partial charge on any atom is 0.251 e. The van der Waals surface area contributed by atoms with Crippen LogP contribution in [0.5, 0.6) is 0 Å². The third-order valence-corrected chi connectivity index (χ3v) is 6.55. The van der Waals surface area contributed by atoms with Gasteiger partial charge in [0.15, 0.2) is 0 Å². The number of carbonyl (C=O) groups excluding carboxylic acids is 1. The van der Waals surface area contributed by atoms with E-state index in [0.29, 0.717) is 25.2 Å². The normalized spacial score (nSPS) is 16.1. The van der Waals surface area contributed by atoms with Crippen LogP contribution in [-0.2, 0) is 10.0 Å². The molecule has 140 valence electrons. The fourth-order valence-corrected chi connectivity index (χ4v) is 4.59. The van der Waals surface area contributed by atoms with E-state index >= 15 is 0 Å². The molecule has 1 heterocycles. The van der Waals surface area contributed by atoms with Crippen molar-refractivity contribution >= 4 is 15.9 Å². The minimum Gasteiger partial charge on any atom is -0.351 e. The van der Waals surface area contributed by atoms with Crippen LogP contribution in [0.2, 0.25) is 0 Å². The van der Waals surface area contributed by atoms with Gasteiger partial charge in [-0.3, -0.25) is 4.79 Å². The second-order valence-corrected chi connectivity index (χ2v) is 8.21. The first-order valence-corrected chi connectivity index (χ1v) is 10.5. The minimum atomic E-state index is -3.51. The zero-order valence-corrected chi connectivity index (χ0v) is 16.0. The highest BCUT2D eigenvalue weighted by molar-refractivity contribution is 7.89. The number of carbonyl (C=O) groups is 1. The Labute approximate surface area is 151 Å². The van der Waals surface area contributed by atoms with E-state index in [1.165, 1.54) is 10.4 Å². The summed E-state index contributed by atoms with van der Waals surface area (Å²) in [6, 6.07) is 6.34. The van der Waals surface area contributed by atoms with Crippen LogP contribution in [0.25, 0.3) is 0 Å². The largest absolute Gasteiger partial charge is 0.351 e. The predicted octanol–water partition coefficient (Wildman–Crippen LogP) is 1.93. The zero-order chi connectivity index (χ0) is 18.3. The van der Waals surface area contributed by atoms with Crippen molar-refractivity contribution in [2.75, 3.05) is 39.3 Å². The molecule has 1 aliphatic heterocycles. The molecule has 7 heteroatoms. The standard InChI is InChI=1S/C18H29N3O3S/c1-3-20(4-2)14-11-19-18(22)16-9-8-10-17(15-16)25(23,24)21-12-6-5-7-13-21/h8-10,15H,3-7,11-14H2,1-2H3,(H,19,22). The lowest BCUT2D eigenvalue weighted by Crippen LogP contribution is -2.36. The van der Waals surface area contributed by atoms with Crippen LogP contribution in [-0.4, -0.2) is 62.8 Å². The summed E-state index contributed by atoms with van der Waals surface area (Å²) >= 11 is 0. The van der Waals surface area contributed by atoms with Gasteiger partial charge < -0.3 is 10.2 Å². The molecule has 0 spiro atoms. The van der Waals surface area contributed by atoms with Gasteiger partial charge in [0.2, 0.25) is 10.0 Å². The Balaban J connectivity index is 2.03. The van der Waals surface area contributed by atoms with Crippen molar-refractivity contribution in [3.63, 3.8) is 0 Å². The molecule has 1 N–H and O–H groups in total. The van der Waals surface area contributed by atoms with Crippen LogP contribution >= 0.6 is 0 Å². The summed E-state index contributed by atoms with van der Waals surface area (Å²) in [5.41, 5.74) is 0.387. The van der Waals surface area contributed by atoms with Crippen LogP contribution < -0.4 is 5.32 Å². The fourth-order valence-electron chi connectivity index (χ4n) is 3.02. The Kier molecular flexibility index (Phi) is 7.40. The highest BCUT2D eigenvalue weighted by Crippen LogP contribution is 2.21. The van der Waals surface area contributed by atoms with E-state index in [-0.39, 0.29) is 10.8 Å². The van der Waals surface area contributed by atoms with Crippen LogP contribution in [0.3, 0.4) is 0 Å². The summed E-state index contributed by atoms with van der Waals surface area (Å²) in [5.74, 6) is -0.233. The number of hydrogen-bond acceptors (Lipinski definition) is 4. The molecule has 1 fully saturated rings. The molecular weight excluding hydrogens is 338 g/mol. The maximum absolute atomic E-state index is 12.7. The molecule has 1 aliphatic rings. The molecule has 2 rings (SSSR count). The summed E-state index contributed by atoms with van der Waals surface area (Å²) < 4.78 is 27.0. The second kappa shape index (κ2) is 9.31. The average molecular weight is 368 g/mol. The highest BCUT2D eigenvalue weighted by atomic mass is 32.2. The van der Waals surface area contributed by atoms with Gasteiger partial charge in [-0.2, -0.15) is 4.31 Å². The second-order valence-electron chi connectivity index (χ2n) is 6.28. The number of nitrogens with zero attached hydrogens (tertiary/aromatic N) is 2. The number of rotatable bonds is 8. The highest BCUT2D eigenvalue weighted by Gasteiger charge is 2.26. The molecule has 1 aromatic carbocycles. The Hall–Kier alpha value is -1.44. The average Bonchev–Trinajstić information content (AvgIpc) is 2.66. The number of sulfonamides is 1. The third kappa shape index (κ3) is 5.26. The van der Waals surface area contributed by atoms with Gasteiger partial charge in [0.25, 0.3) is 5.91 Å². The van der Waals surface area contributed by atoms with Crippen molar-refractivity contribution in [1.82, 2.24) is 14.5 Å². The lowest BCUT2D eigenvalue weighted by Gasteiger charge is -2.26. The van der Waals surface area contributed by atoms with Gasteiger partial charge in [-0.05, 0) is 44.1 Å². The molecule has 1 aromatic rings. The molecule has 0 aliphatic carbocycles. The predicted molar refractivity (Wildman–Crippen MR) is 99.2 cm³/mol. The van der Waals surface area contributed by atoms with E-state index in [9.17, 15) is 13.2 Å². The molecule has 0 bridgehead atoms. The molecule has 25 heavy (non-hydrogen) atoms. The first-order valence-electron chi connectivity index (χ1n) is 9.09. The van der Waals surface area contributed by atoms with Crippen molar-refractivity contribution < 1.29 is 13.2 Å². The Bertz CT molecular complexity index is 666. The van der Waals surface area contributed by atoms with Gasteiger partial charge in [0, 0.05) is 31.7 Å². The number of benzene rings is 1. The molecular formula is C18H29N3O3S. The molecule has 0 saturated carbocycles. The topological polar surface area (TPSA) is 69.7 Å². The molecule has 0 radical (unpaired) electrons. The van der Waals surface area contributed by atoms with E-state index in [0.717, 1.165) is 38.9 Å². The molecule has 6 nitrogen and oxygen atoms in total. The molecule has 0 aromatic heterocycles. The van der Waals surface area contributed by atoms with Crippen molar-refractivity contribution in [2.45, 2.75) is 38.0 Å². The van der Waals surface area contributed by atoms with Gasteiger partial charge in [0.1, 0.15) is 0 Å². The quantitative estimate of drug-likeness (QED) is 0.762. The van der Waals surface area contributed by atoms with Gasteiger partial charge in [-0.15, -0.1) is 0 Å². The number of piperidine rings is 1. The number of amides is 1. The summed E-state index contributed by atoms with van der Waals surface area (Å²) in [5, 5.41) is 2.87.